The zero-order valence-corrected chi connectivity index (χ0v) is 14.5. The van der Waals surface area contributed by atoms with Crippen LogP contribution in [0.1, 0.15) is 38.8 Å². The van der Waals surface area contributed by atoms with Gasteiger partial charge in [-0.3, -0.25) is 4.79 Å². The topological polar surface area (TPSA) is 89.4 Å². The van der Waals surface area contributed by atoms with E-state index in [1.165, 1.54) is 18.2 Å². The molecule has 23 heavy (non-hydrogen) atoms. The summed E-state index contributed by atoms with van der Waals surface area (Å²) in [4.78, 5) is 18.8. The van der Waals surface area contributed by atoms with Crippen molar-refractivity contribution in [2.45, 2.75) is 57.3 Å². The summed E-state index contributed by atoms with van der Waals surface area (Å²) in [6, 6.07) is 2.43. The molecule has 124 valence electrons. The third-order valence-corrected chi connectivity index (χ3v) is 5.24. The number of nitrogens with zero attached hydrogens (tertiary/aromatic N) is 5. The first-order chi connectivity index (χ1) is 11.0. The number of likely N-dealkylation sites (tertiary alicyclic amines) is 1. The highest BCUT2D eigenvalue weighted by Crippen LogP contribution is 2.25. The molecule has 2 aromatic rings. The highest BCUT2D eigenvalue weighted by molar-refractivity contribution is 7.99. The maximum absolute atomic E-state index is 12.6. The predicted octanol–water partition coefficient (Wildman–Crippen LogP) is 1.90. The van der Waals surface area contributed by atoms with Crippen LogP contribution < -0.4 is 5.73 Å². The minimum absolute atomic E-state index is 0.144. The highest BCUT2D eigenvalue weighted by atomic mass is 32.2. The molecule has 0 aliphatic carbocycles. The lowest BCUT2D eigenvalue weighted by atomic mass is 9.98. The van der Waals surface area contributed by atoms with Gasteiger partial charge >= 0.3 is 0 Å². The zero-order valence-electron chi connectivity index (χ0n) is 13.7. The van der Waals surface area contributed by atoms with Gasteiger partial charge in [0.15, 0.2) is 10.8 Å². The number of carbonyl (C=O) groups is 1. The van der Waals surface area contributed by atoms with Crippen LogP contribution in [0.3, 0.4) is 0 Å². The average molecular weight is 334 g/mol. The first-order valence-electron chi connectivity index (χ1n) is 7.89. The highest BCUT2D eigenvalue weighted by Gasteiger charge is 2.29. The molecule has 1 aliphatic heterocycles. The van der Waals surface area contributed by atoms with Crippen LogP contribution in [0.5, 0.6) is 0 Å². The van der Waals surface area contributed by atoms with Crippen molar-refractivity contribution in [3.05, 3.63) is 11.8 Å². The quantitative estimate of drug-likeness (QED) is 0.862. The Morgan fingerprint density at radius 1 is 1.35 bits per heavy atom. The van der Waals surface area contributed by atoms with Crippen molar-refractivity contribution < 1.29 is 4.79 Å². The Hall–Kier alpha value is -1.83. The molecule has 3 rings (SSSR count). The minimum atomic E-state index is 0.144. The molecule has 2 N–H and O–H groups in total. The second kappa shape index (κ2) is 6.35. The fraction of sp³-hybridized carbons (Fsp3) is 0.600. The molecular weight excluding hydrogens is 312 g/mol. The number of hydrogen-bond acceptors (Lipinski definition) is 6. The number of fused-ring (bicyclic) bond motifs is 1. The van der Waals surface area contributed by atoms with Gasteiger partial charge in [0, 0.05) is 23.8 Å². The third kappa shape index (κ3) is 3.12. The van der Waals surface area contributed by atoms with Gasteiger partial charge in [-0.2, -0.15) is 0 Å². The lowest BCUT2D eigenvalue weighted by molar-refractivity contribution is -0.134. The molecule has 0 saturated carbocycles. The van der Waals surface area contributed by atoms with Crippen LogP contribution in [0.4, 0.5) is 5.95 Å². The van der Waals surface area contributed by atoms with E-state index in [0.29, 0.717) is 34.6 Å². The molecule has 1 aliphatic rings. The number of amides is 1. The second-order valence-corrected chi connectivity index (χ2v) is 7.09. The number of carbonyl (C=O) groups excluding carboxylic acids is 1. The van der Waals surface area contributed by atoms with E-state index in [1.807, 2.05) is 17.9 Å². The van der Waals surface area contributed by atoms with E-state index in [0.717, 1.165) is 18.5 Å². The lowest BCUT2D eigenvalue weighted by Crippen LogP contribution is -2.48. The van der Waals surface area contributed by atoms with Crippen molar-refractivity contribution >= 4 is 29.3 Å². The molecule has 0 unspecified atom stereocenters. The summed E-state index contributed by atoms with van der Waals surface area (Å²) in [5, 5.41) is 8.85. The Morgan fingerprint density at radius 3 is 2.74 bits per heavy atom. The molecule has 2 aromatic heterocycles. The Balaban J connectivity index is 1.74. The Labute approximate surface area is 139 Å². The van der Waals surface area contributed by atoms with Gasteiger partial charge in [0.25, 0.3) is 0 Å². The van der Waals surface area contributed by atoms with Crippen molar-refractivity contribution in [2.24, 2.45) is 0 Å². The van der Waals surface area contributed by atoms with E-state index in [-0.39, 0.29) is 5.91 Å². The number of anilines is 1. The molecule has 0 spiro atoms. The number of aryl methyl sites for hydroxylation is 1. The predicted molar refractivity (Wildman–Crippen MR) is 90.3 cm³/mol. The normalized spacial score (nSPS) is 21.8. The van der Waals surface area contributed by atoms with E-state index in [9.17, 15) is 4.79 Å². The summed E-state index contributed by atoms with van der Waals surface area (Å²) in [6.07, 6.45) is 3.34. The van der Waals surface area contributed by atoms with Crippen LogP contribution in [-0.4, -0.2) is 48.2 Å². The van der Waals surface area contributed by atoms with E-state index in [4.69, 9.17) is 5.73 Å². The molecule has 1 amide bonds. The van der Waals surface area contributed by atoms with E-state index < -0.39 is 0 Å². The molecule has 1 saturated heterocycles. The Bertz CT molecular complexity index is 720. The average Bonchev–Trinajstić information content (AvgIpc) is 2.88. The van der Waals surface area contributed by atoms with E-state index in [2.05, 4.69) is 29.0 Å². The molecule has 7 nitrogen and oxygen atoms in total. The first-order valence-corrected chi connectivity index (χ1v) is 8.88. The number of thioether (sulfide) groups is 1. The number of hydrogen-bond donors (Lipinski definition) is 1. The molecule has 8 heteroatoms. The first kappa shape index (κ1) is 16.0. The molecule has 0 aromatic carbocycles. The van der Waals surface area contributed by atoms with E-state index in [1.54, 1.807) is 4.40 Å². The molecule has 1 fully saturated rings. The zero-order chi connectivity index (χ0) is 16.6. The van der Waals surface area contributed by atoms with Crippen molar-refractivity contribution in [1.29, 1.82) is 0 Å². The van der Waals surface area contributed by atoms with Crippen LogP contribution in [0.25, 0.3) is 5.65 Å². The summed E-state index contributed by atoms with van der Waals surface area (Å²) in [7, 11) is 0. The third-order valence-electron chi connectivity index (χ3n) is 4.32. The van der Waals surface area contributed by atoms with Gasteiger partial charge in [0.1, 0.15) is 0 Å². The lowest BCUT2D eigenvalue weighted by Gasteiger charge is -2.39. The number of aromatic nitrogens is 4. The van der Waals surface area contributed by atoms with Gasteiger partial charge in [0.05, 0.1) is 5.75 Å². The number of nitrogen functional groups attached to an aromatic ring is 1. The molecule has 0 bridgehead atoms. The van der Waals surface area contributed by atoms with Crippen LogP contribution in [0.2, 0.25) is 0 Å². The maximum atomic E-state index is 12.6. The summed E-state index contributed by atoms with van der Waals surface area (Å²) >= 11 is 1.36. The van der Waals surface area contributed by atoms with Crippen LogP contribution in [0, 0.1) is 6.92 Å². The monoisotopic (exact) mass is 334 g/mol. The van der Waals surface area contributed by atoms with Gasteiger partial charge in [0.2, 0.25) is 11.9 Å². The molecule has 0 radical (unpaired) electrons. The van der Waals surface area contributed by atoms with E-state index >= 15 is 0 Å². The summed E-state index contributed by atoms with van der Waals surface area (Å²) in [5.74, 6) is 0.827. The van der Waals surface area contributed by atoms with Gasteiger partial charge in [-0.1, -0.05) is 11.8 Å². The smallest absolute Gasteiger partial charge is 0.233 e. The van der Waals surface area contributed by atoms with Crippen molar-refractivity contribution in [3.8, 4) is 0 Å². The fourth-order valence-corrected chi connectivity index (χ4v) is 4.06. The standard InChI is InChI=1S/C15H22N6OS/c1-9-7-12-18-19-15(21(12)14(16)17-9)23-8-13(22)20-10(2)5-4-6-11(20)3/h7,10-11H,4-6,8H2,1-3H3,(H2,16,17)/t10-,11-/m1/s1. The number of rotatable bonds is 3. The van der Waals surface area contributed by atoms with Gasteiger partial charge in [-0.25, -0.2) is 9.38 Å². The molecule has 3 heterocycles. The fourth-order valence-electron chi connectivity index (χ4n) is 3.25. The number of nitrogens with two attached hydrogens (primary N) is 1. The van der Waals surface area contributed by atoms with Crippen molar-refractivity contribution in [2.75, 3.05) is 11.5 Å². The van der Waals surface area contributed by atoms with Gasteiger partial charge in [-0.15, -0.1) is 10.2 Å². The molecular formula is C15H22N6OS. The van der Waals surface area contributed by atoms with Gasteiger partial charge in [-0.05, 0) is 40.0 Å². The van der Waals surface area contributed by atoms with Crippen LogP contribution in [-0.2, 0) is 4.79 Å². The number of piperidine rings is 1. The van der Waals surface area contributed by atoms with Crippen LogP contribution in [0.15, 0.2) is 11.2 Å². The van der Waals surface area contributed by atoms with Crippen molar-refractivity contribution in [1.82, 2.24) is 24.5 Å². The SMILES string of the molecule is Cc1cc2nnc(SCC(=O)N3[C@H](C)CCC[C@H]3C)n2c(N)n1. The van der Waals surface area contributed by atoms with Crippen molar-refractivity contribution in [3.63, 3.8) is 0 Å². The molecule has 2 atom stereocenters. The maximum Gasteiger partial charge on any atom is 0.233 e. The largest absolute Gasteiger partial charge is 0.369 e. The van der Waals surface area contributed by atoms with Crippen LogP contribution >= 0.6 is 11.8 Å². The minimum Gasteiger partial charge on any atom is -0.369 e. The Kier molecular flexibility index (Phi) is 4.43. The second-order valence-electron chi connectivity index (χ2n) is 6.15. The Morgan fingerprint density at radius 2 is 2.04 bits per heavy atom. The summed E-state index contributed by atoms with van der Waals surface area (Å²) < 4.78 is 1.69. The van der Waals surface area contributed by atoms with Gasteiger partial charge < -0.3 is 10.6 Å². The summed E-state index contributed by atoms with van der Waals surface area (Å²) in [5.41, 5.74) is 7.41. The summed E-state index contributed by atoms with van der Waals surface area (Å²) in [6.45, 7) is 6.10.